The van der Waals surface area contributed by atoms with Crippen molar-refractivity contribution in [3.63, 3.8) is 0 Å². The summed E-state index contributed by atoms with van der Waals surface area (Å²) in [4.78, 5) is 17.4. The van der Waals surface area contributed by atoms with Crippen molar-refractivity contribution in [3.05, 3.63) is 0 Å². The largest absolute Gasteiger partial charge is 0.381 e. The number of nitrogens with two attached hydrogens (primary N) is 1. The predicted molar refractivity (Wildman–Crippen MR) is 88.6 cm³/mol. The average Bonchev–Trinajstić information content (AvgIpc) is 2.58. The lowest BCUT2D eigenvalue weighted by molar-refractivity contribution is -0.144. The quantitative estimate of drug-likeness (QED) is 0.804. The van der Waals surface area contributed by atoms with Gasteiger partial charge in [-0.2, -0.15) is 0 Å². The second-order valence-corrected chi connectivity index (χ2v) is 6.84. The molecule has 2 aliphatic heterocycles. The second-order valence-electron chi connectivity index (χ2n) is 6.84. The van der Waals surface area contributed by atoms with Crippen LogP contribution >= 0.6 is 0 Å². The van der Waals surface area contributed by atoms with Crippen molar-refractivity contribution in [1.29, 1.82) is 0 Å². The molecule has 0 spiro atoms. The molecule has 2 fully saturated rings. The Hall–Kier alpha value is -0.650. The van der Waals surface area contributed by atoms with Crippen LogP contribution in [0.25, 0.3) is 0 Å². The fraction of sp³-hybridized carbons (Fsp3) is 0.941. The van der Waals surface area contributed by atoms with Crippen molar-refractivity contribution in [2.45, 2.75) is 39.5 Å². The molecule has 22 heavy (non-hydrogen) atoms. The van der Waals surface area contributed by atoms with Crippen LogP contribution < -0.4 is 5.73 Å². The van der Waals surface area contributed by atoms with Crippen LogP contribution in [0, 0.1) is 11.3 Å². The second kappa shape index (κ2) is 8.27. The first kappa shape index (κ1) is 17.7. The Morgan fingerprint density at radius 1 is 1.14 bits per heavy atom. The van der Waals surface area contributed by atoms with Crippen molar-refractivity contribution >= 4 is 5.91 Å². The van der Waals surface area contributed by atoms with Crippen molar-refractivity contribution in [1.82, 2.24) is 9.80 Å². The Labute approximate surface area is 135 Å². The number of amides is 1. The first-order valence-electron chi connectivity index (χ1n) is 8.94. The molecule has 2 N–H and O–H groups in total. The van der Waals surface area contributed by atoms with Gasteiger partial charge in [-0.15, -0.1) is 0 Å². The highest BCUT2D eigenvalue weighted by molar-refractivity contribution is 5.83. The van der Waals surface area contributed by atoms with E-state index >= 15 is 0 Å². The van der Waals surface area contributed by atoms with Gasteiger partial charge in [-0.1, -0.05) is 13.8 Å². The van der Waals surface area contributed by atoms with Crippen LogP contribution in [-0.4, -0.2) is 68.2 Å². The highest BCUT2D eigenvalue weighted by atomic mass is 16.5. The van der Waals surface area contributed by atoms with E-state index in [1.165, 1.54) is 12.8 Å². The van der Waals surface area contributed by atoms with E-state index in [0.29, 0.717) is 6.54 Å². The lowest BCUT2D eigenvalue weighted by Gasteiger charge is -2.41. The summed E-state index contributed by atoms with van der Waals surface area (Å²) in [7, 11) is 0. The van der Waals surface area contributed by atoms with Gasteiger partial charge in [0.15, 0.2) is 0 Å². The molecule has 2 saturated heterocycles. The summed E-state index contributed by atoms with van der Waals surface area (Å²) < 4.78 is 5.43. The molecule has 0 aliphatic carbocycles. The summed E-state index contributed by atoms with van der Waals surface area (Å²) in [6.45, 7) is 11.3. The highest BCUT2D eigenvalue weighted by Gasteiger charge is 2.37. The van der Waals surface area contributed by atoms with Crippen LogP contribution in [0.2, 0.25) is 0 Å². The van der Waals surface area contributed by atoms with E-state index in [9.17, 15) is 4.79 Å². The van der Waals surface area contributed by atoms with E-state index in [4.69, 9.17) is 10.5 Å². The molecule has 0 bridgehead atoms. The van der Waals surface area contributed by atoms with Crippen LogP contribution in [0.15, 0.2) is 0 Å². The molecule has 5 nitrogen and oxygen atoms in total. The number of carbonyl (C=O) groups excluding carboxylic acids is 1. The van der Waals surface area contributed by atoms with E-state index in [1.807, 2.05) is 4.90 Å². The zero-order valence-electron chi connectivity index (χ0n) is 14.4. The van der Waals surface area contributed by atoms with E-state index in [-0.39, 0.29) is 11.3 Å². The van der Waals surface area contributed by atoms with E-state index in [1.54, 1.807) is 0 Å². The summed E-state index contributed by atoms with van der Waals surface area (Å²) >= 11 is 0. The monoisotopic (exact) mass is 311 g/mol. The number of ether oxygens (including phenoxy) is 1. The van der Waals surface area contributed by atoms with Crippen LogP contribution in [-0.2, 0) is 9.53 Å². The molecule has 0 aromatic rings. The van der Waals surface area contributed by atoms with Crippen LogP contribution in [0.3, 0.4) is 0 Å². The first-order chi connectivity index (χ1) is 10.6. The van der Waals surface area contributed by atoms with Gasteiger partial charge in [-0.05, 0) is 31.6 Å². The van der Waals surface area contributed by atoms with Gasteiger partial charge in [-0.25, -0.2) is 0 Å². The average molecular weight is 311 g/mol. The molecule has 1 amide bonds. The fourth-order valence-corrected chi connectivity index (χ4v) is 3.69. The zero-order chi connectivity index (χ0) is 16.0. The molecule has 0 unspecified atom stereocenters. The summed E-state index contributed by atoms with van der Waals surface area (Å²) in [6.07, 6.45) is 4.03. The minimum Gasteiger partial charge on any atom is -0.381 e. The molecule has 0 aromatic carbocycles. The van der Waals surface area contributed by atoms with E-state index in [0.717, 1.165) is 64.7 Å². The topological polar surface area (TPSA) is 58.8 Å². The van der Waals surface area contributed by atoms with Crippen molar-refractivity contribution in [3.8, 4) is 0 Å². The van der Waals surface area contributed by atoms with Crippen molar-refractivity contribution < 1.29 is 9.53 Å². The molecule has 0 atom stereocenters. The van der Waals surface area contributed by atoms with E-state index in [2.05, 4.69) is 18.7 Å². The summed E-state index contributed by atoms with van der Waals surface area (Å²) in [6, 6.07) is 0. The summed E-state index contributed by atoms with van der Waals surface area (Å²) in [5, 5.41) is 0. The van der Waals surface area contributed by atoms with Gasteiger partial charge in [0.05, 0.1) is 5.41 Å². The molecule has 2 heterocycles. The Morgan fingerprint density at radius 3 is 2.23 bits per heavy atom. The third kappa shape index (κ3) is 4.00. The maximum atomic E-state index is 12.8. The van der Waals surface area contributed by atoms with Crippen molar-refractivity contribution in [2.75, 3.05) is 52.5 Å². The zero-order valence-corrected chi connectivity index (χ0v) is 14.4. The minimum atomic E-state index is -0.344. The Kier molecular flexibility index (Phi) is 6.66. The van der Waals surface area contributed by atoms with Gasteiger partial charge in [0.25, 0.3) is 0 Å². The number of hydrogen-bond donors (Lipinski definition) is 1. The normalized spacial score (nSPS) is 22.0. The molecule has 2 rings (SSSR count). The number of piperazine rings is 1. The van der Waals surface area contributed by atoms with E-state index < -0.39 is 0 Å². The van der Waals surface area contributed by atoms with Gasteiger partial charge in [0, 0.05) is 52.5 Å². The molecule has 0 saturated carbocycles. The highest BCUT2D eigenvalue weighted by Crippen LogP contribution is 2.28. The summed E-state index contributed by atoms with van der Waals surface area (Å²) in [5.41, 5.74) is 5.57. The lowest BCUT2D eigenvalue weighted by Crippen LogP contribution is -2.55. The number of hydrogen-bond acceptors (Lipinski definition) is 4. The molecule has 0 radical (unpaired) electrons. The van der Waals surface area contributed by atoms with Gasteiger partial charge in [0.1, 0.15) is 0 Å². The first-order valence-corrected chi connectivity index (χ1v) is 8.94. The summed E-state index contributed by atoms with van der Waals surface area (Å²) in [5.74, 6) is 1.04. The fourth-order valence-electron chi connectivity index (χ4n) is 3.69. The maximum absolute atomic E-state index is 12.8. The van der Waals surface area contributed by atoms with Crippen molar-refractivity contribution in [2.24, 2.45) is 17.1 Å². The lowest BCUT2D eigenvalue weighted by atomic mass is 9.80. The molecule has 2 aliphatic rings. The maximum Gasteiger partial charge on any atom is 0.230 e. The van der Waals surface area contributed by atoms with Crippen LogP contribution in [0.4, 0.5) is 0 Å². The standard InChI is InChI=1S/C17H33N3O2/c1-3-17(4-2,14-18)16(21)20-9-7-19(8-10-20)13-15-5-11-22-12-6-15/h15H,3-14,18H2,1-2H3. The Balaban J connectivity index is 1.82. The smallest absolute Gasteiger partial charge is 0.230 e. The van der Waals surface area contributed by atoms with Crippen LogP contribution in [0.5, 0.6) is 0 Å². The number of carbonyl (C=O) groups is 1. The number of nitrogens with zero attached hydrogens (tertiary/aromatic N) is 2. The molecular weight excluding hydrogens is 278 g/mol. The SMILES string of the molecule is CCC(CC)(CN)C(=O)N1CCN(CC2CCOCC2)CC1. The number of rotatable bonds is 6. The third-order valence-electron chi connectivity index (χ3n) is 5.71. The van der Waals surface area contributed by atoms with Gasteiger partial charge < -0.3 is 15.4 Å². The minimum absolute atomic E-state index is 0.269. The predicted octanol–water partition coefficient (Wildman–Crippen LogP) is 1.32. The Morgan fingerprint density at radius 2 is 1.73 bits per heavy atom. The molecule has 0 aromatic heterocycles. The molecule has 5 heteroatoms. The van der Waals surface area contributed by atoms with Crippen LogP contribution in [0.1, 0.15) is 39.5 Å². The van der Waals surface area contributed by atoms with Gasteiger partial charge in [0.2, 0.25) is 5.91 Å². The molecular formula is C17H33N3O2. The van der Waals surface area contributed by atoms with Gasteiger partial charge in [-0.3, -0.25) is 9.69 Å². The Bertz CT molecular complexity index is 336. The third-order valence-corrected chi connectivity index (χ3v) is 5.71. The molecule has 128 valence electrons. The van der Waals surface area contributed by atoms with Gasteiger partial charge >= 0.3 is 0 Å².